The molecule has 2 rings (SSSR count). The molecule has 0 unspecified atom stereocenters. The van der Waals surface area contributed by atoms with Crippen LogP contribution in [0.4, 0.5) is 4.79 Å². The maximum Gasteiger partial charge on any atom is 0.323 e. The van der Waals surface area contributed by atoms with Crippen molar-refractivity contribution in [2.24, 2.45) is 0 Å². The number of carbonyl (C=O) groups excluding carboxylic acids is 1. The van der Waals surface area contributed by atoms with E-state index in [1.807, 2.05) is 19.1 Å². The minimum absolute atomic E-state index is 0.0365. The van der Waals surface area contributed by atoms with Gasteiger partial charge < -0.3 is 19.3 Å². The molecule has 2 amide bonds. The van der Waals surface area contributed by atoms with Crippen LogP contribution in [0.25, 0.3) is 0 Å². The zero-order valence-corrected chi connectivity index (χ0v) is 12.5. The van der Waals surface area contributed by atoms with E-state index in [1.54, 1.807) is 7.05 Å². The van der Waals surface area contributed by atoms with Crippen molar-refractivity contribution >= 4 is 12.0 Å². The lowest BCUT2D eigenvalue weighted by molar-refractivity contribution is -0.138. The number of rotatable bonds is 5. The molecule has 1 aliphatic rings. The number of nitrogens with zero attached hydrogens (tertiary/aromatic N) is 2. The number of aryl methyl sites for hydroxylation is 1. The van der Waals surface area contributed by atoms with Crippen molar-refractivity contribution in [1.82, 2.24) is 9.80 Å². The van der Waals surface area contributed by atoms with Crippen LogP contribution in [0.5, 0.6) is 0 Å². The summed E-state index contributed by atoms with van der Waals surface area (Å²) in [4.78, 5) is 26.5. The van der Waals surface area contributed by atoms with Gasteiger partial charge in [-0.1, -0.05) is 12.8 Å². The van der Waals surface area contributed by atoms with Crippen molar-refractivity contribution in [3.63, 3.8) is 0 Å². The highest BCUT2D eigenvalue weighted by Crippen LogP contribution is 2.24. The monoisotopic (exact) mass is 294 g/mol. The second kappa shape index (κ2) is 6.65. The number of hydrogen-bond donors (Lipinski definition) is 1. The van der Waals surface area contributed by atoms with Crippen molar-refractivity contribution in [3.05, 3.63) is 23.7 Å². The number of aliphatic carboxylic acids is 1. The Morgan fingerprint density at radius 2 is 2.00 bits per heavy atom. The normalized spacial score (nSPS) is 15.1. The molecule has 1 aromatic heterocycles. The third kappa shape index (κ3) is 4.00. The Balaban J connectivity index is 2.03. The lowest BCUT2D eigenvalue weighted by Gasteiger charge is -2.31. The van der Waals surface area contributed by atoms with Gasteiger partial charge in [-0.3, -0.25) is 4.79 Å². The quantitative estimate of drug-likeness (QED) is 0.905. The van der Waals surface area contributed by atoms with Gasteiger partial charge in [0, 0.05) is 13.1 Å². The average molecular weight is 294 g/mol. The van der Waals surface area contributed by atoms with Crippen molar-refractivity contribution in [3.8, 4) is 0 Å². The summed E-state index contributed by atoms with van der Waals surface area (Å²) in [6.45, 7) is 1.95. The Morgan fingerprint density at radius 3 is 2.52 bits per heavy atom. The standard InChI is InChI=1S/C15H22N2O4/c1-11-7-8-13(21-11)9-16(2)15(20)17(10-14(18)19)12-5-3-4-6-12/h7-8,12H,3-6,9-10H2,1-2H3,(H,18,19). The zero-order chi connectivity index (χ0) is 15.4. The molecule has 0 aliphatic heterocycles. The molecule has 0 spiro atoms. The molecule has 0 saturated heterocycles. The maximum absolute atomic E-state index is 12.5. The summed E-state index contributed by atoms with van der Waals surface area (Å²) in [5, 5.41) is 9.04. The molecule has 1 fully saturated rings. The number of furan rings is 1. The Bertz CT molecular complexity index is 506. The van der Waals surface area contributed by atoms with E-state index in [9.17, 15) is 9.59 Å². The fourth-order valence-corrected chi connectivity index (χ4v) is 2.81. The summed E-state index contributed by atoms with van der Waals surface area (Å²) in [7, 11) is 1.67. The van der Waals surface area contributed by atoms with Gasteiger partial charge in [0.15, 0.2) is 0 Å². The van der Waals surface area contributed by atoms with Crippen LogP contribution in [-0.2, 0) is 11.3 Å². The summed E-state index contributed by atoms with van der Waals surface area (Å²) in [5.74, 6) is 0.520. The van der Waals surface area contributed by atoms with Gasteiger partial charge in [0.25, 0.3) is 0 Å². The Labute approximate surface area is 124 Å². The van der Waals surface area contributed by atoms with E-state index < -0.39 is 5.97 Å². The minimum Gasteiger partial charge on any atom is -0.480 e. The molecule has 0 aromatic carbocycles. The van der Waals surface area contributed by atoms with Crippen LogP contribution in [0.2, 0.25) is 0 Å². The van der Waals surface area contributed by atoms with Gasteiger partial charge >= 0.3 is 12.0 Å². The third-order valence-electron chi connectivity index (χ3n) is 3.83. The topological polar surface area (TPSA) is 74.0 Å². The maximum atomic E-state index is 12.5. The minimum atomic E-state index is -0.975. The fraction of sp³-hybridized carbons (Fsp3) is 0.600. The fourth-order valence-electron chi connectivity index (χ4n) is 2.81. The summed E-state index contributed by atoms with van der Waals surface area (Å²) in [6, 6.07) is 3.46. The predicted octanol–water partition coefficient (Wildman–Crippen LogP) is 2.47. The molecule has 0 bridgehead atoms. The highest BCUT2D eigenvalue weighted by Gasteiger charge is 2.30. The molecule has 1 aliphatic carbocycles. The summed E-state index contributed by atoms with van der Waals surface area (Å²) in [5.41, 5.74) is 0. The van der Waals surface area contributed by atoms with Crippen LogP contribution in [0.1, 0.15) is 37.2 Å². The number of hydrogen-bond acceptors (Lipinski definition) is 3. The lowest BCUT2D eigenvalue weighted by Crippen LogP contribution is -2.48. The van der Waals surface area contributed by atoms with Crippen LogP contribution in [0.3, 0.4) is 0 Å². The molecule has 1 aromatic rings. The first-order chi connectivity index (χ1) is 9.97. The number of carboxylic acids is 1. The van der Waals surface area contributed by atoms with Crippen LogP contribution >= 0.6 is 0 Å². The second-order valence-corrected chi connectivity index (χ2v) is 5.61. The van der Waals surface area contributed by atoms with Gasteiger partial charge in [0.2, 0.25) is 0 Å². The SMILES string of the molecule is Cc1ccc(CN(C)C(=O)N(CC(=O)O)C2CCCC2)o1. The van der Waals surface area contributed by atoms with Crippen molar-refractivity contribution in [2.75, 3.05) is 13.6 Å². The smallest absolute Gasteiger partial charge is 0.323 e. The first-order valence-electron chi connectivity index (χ1n) is 7.26. The molecule has 0 radical (unpaired) electrons. The molecule has 1 heterocycles. The van der Waals surface area contributed by atoms with Crippen LogP contribution in [-0.4, -0.2) is 46.5 Å². The van der Waals surface area contributed by atoms with E-state index in [1.165, 1.54) is 9.80 Å². The zero-order valence-electron chi connectivity index (χ0n) is 12.5. The van der Waals surface area contributed by atoms with Crippen molar-refractivity contribution < 1.29 is 19.1 Å². The second-order valence-electron chi connectivity index (χ2n) is 5.61. The number of urea groups is 1. The van der Waals surface area contributed by atoms with E-state index in [0.29, 0.717) is 12.3 Å². The van der Waals surface area contributed by atoms with Gasteiger partial charge in [0.05, 0.1) is 6.54 Å². The molecule has 6 nitrogen and oxygen atoms in total. The molecule has 1 N–H and O–H groups in total. The van der Waals surface area contributed by atoms with Gasteiger partial charge in [-0.25, -0.2) is 4.79 Å². The third-order valence-corrected chi connectivity index (χ3v) is 3.83. The molecule has 116 valence electrons. The highest BCUT2D eigenvalue weighted by molar-refractivity contribution is 5.80. The molecule has 0 atom stereocenters. The largest absolute Gasteiger partial charge is 0.480 e. The predicted molar refractivity (Wildman–Crippen MR) is 76.9 cm³/mol. The number of carbonyl (C=O) groups is 2. The molecular weight excluding hydrogens is 272 g/mol. The van der Waals surface area contributed by atoms with E-state index in [4.69, 9.17) is 9.52 Å². The van der Waals surface area contributed by atoms with E-state index in [0.717, 1.165) is 31.4 Å². The lowest BCUT2D eigenvalue weighted by atomic mass is 10.2. The molecular formula is C15H22N2O4. The van der Waals surface area contributed by atoms with Crippen LogP contribution in [0, 0.1) is 6.92 Å². The first-order valence-corrected chi connectivity index (χ1v) is 7.26. The number of amides is 2. The van der Waals surface area contributed by atoms with Crippen LogP contribution < -0.4 is 0 Å². The van der Waals surface area contributed by atoms with E-state index in [-0.39, 0.29) is 18.6 Å². The van der Waals surface area contributed by atoms with Crippen molar-refractivity contribution in [1.29, 1.82) is 0 Å². The average Bonchev–Trinajstić information content (AvgIpc) is 3.06. The molecule has 21 heavy (non-hydrogen) atoms. The number of carboxylic acid groups (broad SMARTS) is 1. The van der Waals surface area contributed by atoms with Gasteiger partial charge in [-0.15, -0.1) is 0 Å². The molecule has 1 saturated carbocycles. The Morgan fingerprint density at radius 1 is 1.33 bits per heavy atom. The van der Waals surface area contributed by atoms with Gasteiger partial charge in [-0.05, 0) is 31.9 Å². The van der Waals surface area contributed by atoms with Gasteiger partial charge in [-0.2, -0.15) is 0 Å². The Kier molecular flexibility index (Phi) is 4.88. The summed E-state index contributed by atoms with van der Waals surface area (Å²) in [6.07, 6.45) is 3.86. The summed E-state index contributed by atoms with van der Waals surface area (Å²) < 4.78 is 5.46. The first kappa shape index (κ1) is 15.4. The highest BCUT2D eigenvalue weighted by atomic mass is 16.4. The van der Waals surface area contributed by atoms with E-state index >= 15 is 0 Å². The van der Waals surface area contributed by atoms with Gasteiger partial charge in [0.1, 0.15) is 18.1 Å². The van der Waals surface area contributed by atoms with E-state index in [2.05, 4.69) is 0 Å². The van der Waals surface area contributed by atoms with Crippen molar-refractivity contribution in [2.45, 2.75) is 45.2 Å². The van der Waals surface area contributed by atoms with Crippen LogP contribution in [0.15, 0.2) is 16.5 Å². The summed E-state index contributed by atoms with van der Waals surface area (Å²) >= 11 is 0. The Hall–Kier alpha value is -1.98. The molecule has 6 heteroatoms.